The minimum absolute atomic E-state index is 0. The Labute approximate surface area is 36.2 Å². The summed E-state index contributed by atoms with van der Waals surface area (Å²) < 4.78 is 0. The van der Waals surface area contributed by atoms with Crippen LogP contribution >= 0.6 is 21.6 Å². The van der Waals surface area contributed by atoms with Gasteiger partial charge in [-0.2, -0.15) is 0 Å². The predicted molar refractivity (Wildman–Crippen MR) is 29.1 cm³/mol. The molecule has 0 bridgehead atoms. The molecular weight excluding hydrogens is 88.2 g/mol. The molecule has 0 unspecified atom stereocenters. The quantitative estimate of drug-likeness (QED) is 0.457. The highest BCUT2D eigenvalue weighted by Gasteiger charge is 1.55. The molecule has 0 aliphatic heterocycles. The summed E-state index contributed by atoms with van der Waals surface area (Å²) in [6.07, 6.45) is 4.12. The van der Waals surface area contributed by atoms with Gasteiger partial charge < -0.3 is 0 Å². The van der Waals surface area contributed by atoms with Gasteiger partial charge in [-0.25, -0.2) is 0 Å². The average molecular weight is 96.2 g/mol. The molecule has 0 aromatic rings. The van der Waals surface area contributed by atoms with Crippen molar-refractivity contribution < 1.29 is 1.43 Å². The van der Waals surface area contributed by atoms with Crippen LogP contribution in [0.5, 0.6) is 0 Å². The van der Waals surface area contributed by atoms with Crippen molar-refractivity contribution in [1.82, 2.24) is 0 Å². The van der Waals surface area contributed by atoms with E-state index in [0.717, 1.165) is 0 Å². The van der Waals surface area contributed by atoms with Crippen molar-refractivity contribution in [3.05, 3.63) is 0 Å². The largest absolute Gasteiger partial charge is 0.0979 e. The minimum Gasteiger partial charge on any atom is -0.0979 e. The molecule has 2 heteroatoms. The first-order valence-corrected chi connectivity index (χ1v) is 3.95. The Kier molecular flexibility index (Phi) is 4.35. The summed E-state index contributed by atoms with van der Waals surface area (Å²) in [6, 6.07) is 0. The highest BCUT2D eigenvalue weighted by molar-refractivity contribution is 8.76. The van der Waals surface area contributed by atoms with E-state index in [1.54, 1.807) is 21.6 Å². The fourth-order valence-corrected chi connectivity index (χ4v) is 0. The zero-order valence-corrected chi connectivity index (χ0v) is 4.45. The van der Waals surface area contributed by atoms with Crippen LogP contribution in [-0.4, -0.2) is 12.5 Å². The fraction of sp³-hybridized carbons (Fsp3) is 1.00. The number of hydrogen-bond donors (Lipinski definition) is 0. The van der Waals surface area contributed by atoms with Gasteiger partial charge >= 0.3 is 0 Å². The van der Waals surface area contributed by atoms with Gasteiger partial charge in [0.15, 0.2) is 0 Å². The molecule has 0 aromatic carbocycles. The molecule has 0 aliphatic carbocycles. The van der Waals surface area contributed by atoms with Gasteiger partial charge in [0.05, 0.1) is 0 Å². The second-order valence-corrected chi connectivity index (χ2v) is 3.00. The van der Waals surface area contributed by atoms with Crippen LogP contribution < -0.4 is 0 Å². The van der Waals surface area contributed by atoms with Crippen molar-refractivity contribution in [2.75, 3.05) is 12.5 Å². The van der Waals surface area contributed by atoms with Gasteiger partial charge in [0.25, 0.3) is 0 Å². The molecule has 0 heterocycles. The van der Waals surface area contributed by atoms with Crippen molar-refractivity contribution in [2.45, 2.75) is 0 Å². The van der Waals surface area contributed by atoms with E-state index in [1.165, 1.54) is 0 Å². The molecule has 0 amide bonds. The summed E-state index contributed by atoms with van der Waals surface area (Å²) in [7, 11) is 3.55. The Hall–Kier alpha value is 0.700. The molecule has 0 aliphatic rings. The first-order chi connectivity index (χ1) is 1.91. The zero-order valence-electron chi connectivity index (χ0n) is 2.82. The van der Waals surface area contributed by atoms with Crippen molar-refractivity contribution in [3.8, 4) is 0 Å². The van der Waals surface area contributed by atoms with Crippen LogP contribution in [0.15, 0.2) is 0 Å². The number of hydrogen-bond acceptors (Lipinski definition) is 2. The summed E-state index contributed by atoms with van der Waals surface area (Å²) in [5, 5.41) is 0. The van der Waals surface area contributed by atoms with E-state index in [9.17, 15) is 0 Å². The van der Waals surface area contributed by atoms with Gasteiger partial charge in [0.2, 0.25) is 0 Å². The summed E-state index contributed by atoms with van der Waals surface area (Å²) in [5.41, 5.74) is 0. The maximum atomic E-state index is 2.06. The Bertz CT molecular complexity index is 9.61. The van der Waals surface area contributed by atoms with Gasteiger partial charge in [0, 0.05) is 1.43 Å². The second kappa shape index (κ2) is 3.70. The lowest BCUT2D eigenvalue weighted by Crippen LogP contribution is -1.28. The van der Waals surface area contributed by atoms with E-state index >= 15 is 0 Å². The summed E-state index contributed by atoms with van der Waals surface area (Å²) in [4.78, 5) is 0. The van der Waals surface area contributed by atoms with Gasteiger partial charge in [-0.1, -0.05) is 21.6 Å². The summed E-state index contributed by atoms with van der Waals surface area (Å²) in [6.45, 7) is 0. The lowest BCUT2D eigenvalue weighted by atomic mass is 12.0. The molecule has 0 saturated carbocycles. The third kappa shape index (κ3) is 2.70. The molecule has 0 nitrogen and oxygen atoms in total. The van der Waals surface area contributed by atoms with E-state index in [2.05, 4.69) is 12.5 Å². The van der Waals surface area contributed by atoms with Crippen LogP contribution in [0.25, 0.3) is 0 Å². The molecule has 0 N–H and O–H groups in total. The molecule has 4 heavy (non-hydrogen) atoms. The number of rotatable bonds is 1. The van der Waals surface area contributed by atoms with Crippen LogP contribution in [0.2, 0.25) is 0 Å². The van der Waals surface area contributed by atoms with Gasteiger partial charge in [-0.3, -0.25) is 0 Å². The fourth-order valence-electron chi connectivity index (χ4n) is 0. The zero-order chi connectivity index (χ0) is 3.41. The molecule has 0 rings (SSSR count). The molecule has 0 fully saturated rings. The Balaban J connectivity index is 0. The third-order valence-corrected chi connectivity index (χ3v) is 1.50. The maximum Gasteiger partial charge on any atom is 0 e. The lowest BCUT2D eigenvalue weighted by Gasteiger charge is -1.69. The van der Waals surface area contributed by atoms with Crippen molar-refractivity contribution in [1.29, 1.82) is 0 Å². The average Bonchev–Trinajstić information content (AvgIpc) is 1.37. The van der Waals surface area contributed by atoms with Crippen LogP contribution in [-0.2, 0) is 0 Å². The van der Waals surface area contributed by atoms with E-state index in [-0.39, 0.29) is 1.43 Å². The lowest BCUT2D eigenvalue weighted by molar-refractivity contribution is 2.51. The van der Waals surface area contributed by atoms with E-state index in [1.807, 2.05) is 0 Å². The van der Waals surface area contributed by atoms with Gasteiger partial charge in [0.1, 0.15) is 0 Å². The van der Waals surface area contributed by atoms with E-state index in [0.29, 0.717) is 0 Å². The van der Waals surface area contributed by atoms with E-state index in [4.69, 9.17) is 0 Å². The van der Waals surface area contributed by atoms with Gasteiger partial charge in [-0.05, 0) is 12.5 Å². The third-order valence-electron chi connectivity index (χ3n) is 0.167. The molecule has 0 radical (unpaired) electrons. The van der Waals surface area contributed by atoms with Crippen molar-refractivity contribution in [3.63, 3.8) is 0 Å². The van der Waals surface area contributed by atoms with Crippen LogP contribution in [0.3, 0.4) is 0 Å². The molecular formula is C2H8S2. The SMILES string of the molecule is CSSC.[HH]. The topological polar surface area (TPSA) is 0 Å². The smallest absolute Gasteiger partial charge is 0 e. The molecule has 0 aromatic heterocycles. The Morgan fingerprint density at radius 3 is 1.50 bits per heavy atom. The molecule has 0 atom stereocenters. The van der Waals surface area contributed by atoms with E-state index < -0.39 is 0 Å². The first-order valence-electron chi connectivity index (χ1n) is 0.983. The Morgan fingerprint density at radius 1 is 1.25 bits per heavy atom. The second-order valence-electron chi connectivity index (χ2n) is 0.333. The maximum absolute atomic E-state index is 2.06. The highest BCUT2D eigenvalue weighted by atomic mass is 33.1. The normalized spacial score (nSPS) is 7.50. The van der Waals surface area contributed by atoms with Crippen LogP contribution in [0.4, 0.5) is 0 Å². The molecule has 28 valence electrons. The van der Waals surface area contributed by atoms with Gasteiger partial charge in [-0.15, -0.1) is 0 Å². The van der Waals surface area contributed by atoms with Crippen molar-refractivity contribution >= 4 is 21.6 Å². The first kappa shape index (κ1) is 4.70. The summed E-state index contributed by atoms with van der Waals surface area (Å²) >= 11 is 0. The highest BCUT2D eigenvalue weighted by Crippen LogP contribution is 2.09. The standard InChI is InChI=1S/C2H6S2.H2/c1-3-4-2;/h1-2H3;1H. The van der Waals surface area contributed by atoms with Crippen LogP contribution in [0, 0.1) is 0 Å². The molecule has 0 saturated heterocycles. The predicted octanol–water partition coefficient (Wildman–Crippen LogP) is 1.87. The monoisotopic (exact) mass is 96.0 g/mol. The molecule has 0 spiro atoms. The van der Waals surface area contributed by atoms with Crippen molar-refractivity contribution in [2.24, 2.45) is 0 Å². The van der Waals surface area contributed by atoms with Crippen LogP contribution in [0.1, 0.15) is 1.43 Å². The summed E-state index contributed by atoms with van der Waals surface area (Å²) in [5.74, 6) is 0. The minimum atomic E-state index is 0. The Morgan fingerprint density at radius 2 is 1.50 bits per heavy atom.